The maximum Gasteiger partial charge on any atom is 0.260 e. The average molecular weight is 421 g/mol. The van der Waals surface area contributed by atoms with Crippen LogP contribution < -0.4 is 4.80 Å². The molecule has 0 radical (unpaired) electrons. The van der Waals surface area contributed by atoms with Crippen LogP contribution in [0.3, 0.4) is 0 Å². The number of hydrogen-bond donors (Lipinski definition) is 0. The monoisotopic (exact) mass is 420 g/mol. The minimum Gasteiger partial charge on any atom is -0.383 e. The first kappa shape index (κ1) is 20.2. The second kappa shape index (κ2) is 9.15. The first-order valence-corrected chi connectivity index (χ1v) is 10.5. The summed E-state index contributed by atoms with van der Waals surface area (Å²) in [5.41, 5.74) is 2.60. The van der Waals surface area contributed by atoms with Crippen molar-refractivity contribution in [3.8, 4) is 0 Å². The van der Waals surface area contributed by atoms with Crippen molar-refractivity contribution < 1.29 is 13.9 Å². The van der Waals surface area contributed by atoms with Crippen LogP contribution >= 0.6 is 11.3 Å². The van der Waals surface area contributed by atoms with Crippen LogP contribution in [0.15, 0.2) is 83.9 Å². The number of halogens is 1. The van der Waals surface area contributed by atoms with E-state index in [1.165, 1.54) is 23.5 Å². The molecule has 4 aromatic rings. The van der Waals surface area contributed by atoms with Crippen molar-refractivity contribution in [2.24, 2.45) is 4.99 Å². The molecule has 0 aliphatic heterocycles. The molecule has 0 saturated carbocycles. The smallest absolute Gasteiger partial charge is 0.260 e. The summed E-state index contributed by atoms with van der Waals surface area (Å²) in [7, 11) is 1.62. The minimum absolute atomic E-state index is 0.259. The fourth-order valence-corrected chi connectivity index (χ4v) is 4.54. The molecule has 152 valence electrons. The summed E-state index contributed by atoms with van der Waals surface area (Å²) in [6, 6.07) is 23.9. The van der Waals surface area contributed by atoms with Gasteiger partial charge in [-0.25, -0.2) is 4.39 Å². The Bertz CT molecular complexity index is 1180. The van der Waals surface area contributed by atoms with E-state index in [0.717, 1.165) is 21.3 Å². The zero-order valence-electron chi connectivity index (χ0n) is 16.5. The zero-order chi connectivity index (χ0) is 20.9. The third-order valence-corrected chi connectivity index (χ3v) is 5.92. The van der Waals surface area contributed by atoms with E-state index in [2.05, 4.69) is 4.99 Å². The van der Waals surface area contributed by atoms with Gasteiger partial charge in [-0.05, 0) is 29.3 Å². The van der Waals surface area contributed by atoms with Crippen LogP contribution in [0.4, 0.5) is 4.39 Å². The molecule has 6 heteroatoms. The Morgan fingerprint density at radius 1 is 1.03 bits per heavy atom. The number of amides is 1. The van der Waals surface area contributed by atoms with Crippen LogP contribution in [0.5, 0.6) is 0 Å². The topological polar surface area (TPSA) is 43.6 Å². The van der Waals surface area contributed by atoms with Crippen LogP contribution in [0.1, 0.15) is 17.0 Å². The highest BCUT2D eigenvalue weighted by Crippen LogP contribution is 2.26. The maximum atomic E-state index is 13.7. The quantitative estimate of drug-likeness (QED) is 0.452. The number of methoxy groups -OCH3 is 1. The lowest BCUT2D eigenvalue weighted by Gasteiger charge is -2.14. The lowest BCUT2D eigenvalue weighted by molar-refractivity contribution is -0.118. The SMILES string of the molecule is COCCn1c(=NC(=O)C(c2ccccc2)c2ccccc2)sc2cc(F)ccc21. The Morgan fingerprint density at radius 3 is 2.27 bits per heavy atom. The molecule has 4 rings (SSSR count). The van der Waals surface area contributed by atoms with Crippen molar-refractivity contribution in [3.05, 3.63) is 101 Å². The second-order valence-electron chi connectivity index (χ2n) is 6.85. The standard InChI is InChI=1S/C24H21FN2O2S/c1-29-15-14-27-20-13-12-19(25)16-21(20)30-24(27)26-23(28)22(17-8-4-2-5-9-17)18-10-6-3-7-11-18/h2-13,16,22H,14-15H2,1H3. The van der Waals surface area contributed by atoms with E-state index in [4.69, 9.17) is 4.74 Å². The summed E-state index contributed by atoms with van der Waals surface area (Å²) < 4.78 is 21.6. The Hall–Kier alpha value is -3.09. The molecule has 30 heavy (non-hydrogen) atoms. The largest absolute Gasteiger partial charge is 0.383 e. The van der Waals surface area contributed by atoms with E-state index in [9.17, 15) is 9.18 Å². The van der Waals surface area contributed by atoms with Gasteiger partial charge < -0.3 is 9.30 Å². The molecule has 0 unspecified atom stereocenters. The number of carbonyl (C=O) groups excluding carboxylic acids is 1. The Balaban J connectivity index is 1.84. The molecule has 0 aliphatic rings. The van der Waals surface area contributed by atoms with Gasteiger partial charge in [0.05, 0.1) is 22.7 Å². The van der Waals surface area contributed by atoms with Gasteiger partial charge in [0.2, 0.25) is 0 Å². The zero-order valence-corrected chi connectivity index (χ0v) is 17.3. The molecule has 1 heterocycles. The summed E-state index contributed by atoms with van der Waals surface area (Å²) in [6.07, 6.45) is 0. The summed E-state index contributed by atoms with van der Waals surface area (Å²) in [5.74, 6) is -1.08. The fourth-order valence-electron chi connectivity index (χ4n) is 3.46. The Morgan fingerprint density at radius 2 is 1.67 bits per heavy atom. The molecule has 0 atom stereocenters. The number of ether oxygens (including phenoxy) is 1. The highest BCUT2D eigenvalue weighted by Gasteiger charge is 2.22. The van der Waals surface area contributed by atoms with Crippen LogP contribution in [-0.2, 0) is 16.1 Å². The predicted octanol–water partition coefficient (Wildman–Crippen LogP) is 4.75. The van der Waals surface area contributed by atoms with Gasteiger partial charge in [0.25, 0.3) is 5.91 Å². The van der Waals surface area contributed by atoms with Gasteiger partial charge in [0.15, 0.2) is 4.80 Å². The van der Waals surface area contributed by atoms with Crippen molar-refractivity contribution in [1.29, 1.82) is 0 Å². The summed E-state index contributed by atoms with van der Waals surface area (Å²) >= 11 is 1.30. The van der Waals surface area contributed by atoms with Gasteiger partial charge in [0, 0.05) is 13.7 Å². The molecular formula is C24H21FN2O2S. The van der Waals surface area contributed by atoms with E-state index in [1.807, 2.05) is 65.2 Å². The molecule has 0 aliphatic carbocycles. The third-order valence-electron chi connectivity index (χ3n) is 4.88. The molecule has 0 bridgehead atoms. The highest BCUT2D eigenvalue weighted by molar-refractivity contribution is 7.16. The summed E-state index contributed by atoms with van der Waals surface area (Å²) in [4.78, 5) is 18.4. The first-order valence-electron chi connectivity index (χ1n) is 9.63. The van der Waals surface area contributed by atoms with Gasteiger partial charge in [-0.1, -0.05) is 72.0 Å². The van der Waals surface area contributed by atoms with Crippen molar-refractivity contribution in [2.45, 2.75) is 12.5 Å². The minimum atomic E-state index is -0.509. The van der Waals surface area contributed by atoms with Gasteiger partial charge in [-0.3, -0.25) is 4.79 Å². The van der Waals surface area contributed by atoms with Crippen LogP contribution in [0.2, 0.25) is 0 Å². The normalized spacial score (nSPS) is 12.0. The summed E-state index contributed by atoms with van der Waals surface area (Å²) in [5, 5.41) is 0. The molecule has 0 fully saturated rings. The molecule has 0 N–H and O–H groups in total. The molecule has 0 saturated heterocycles. The Kier molecular flexibility index (Phi) is 6.16. The van der Waals surface area contributed by atoms with Crippen LogP contribution in [-0.4, -0.2) is 24.2 Å². The van der Waals surface area contributed by atoms with Crippen LogP contribution in [0, 0.1) is 5.82 Å². The molecular weight excluding hydrogens is 399 g/mol. The average Bonchev–Trinajstić information content (AvgIpc) is 3.09. The molecule has 4 nitrogen and oxygen atoms in total. The van der Waals surface area contributed by atoms with Gasteiger partial charge >= 0.3 is 0 Å². The van der Waals surface area contributed by atoms with E-state index in [1.54, 1.807) is 13.2 Å². The first-order chi connectivity index (χ1) is 14.7. The van der Waals surface area contributed by atoms with Crippen molar-refractivity contribution >= 4 is 27.5 Å². The van der Waals surface area contributed by atoms with Gasteiger partial charge in [-0.2, -0.15) is 4.99 Å². The lowest BCUT2D eigenvalue weighted by atomic mass is 9.91. The number of hydrogen-bond acceptors (Lipinski definition) is 3. The number of nitrogens with zero attached hydrogens (tertiary/aromatic N) is 2. The number of benzene rings is 3. The number of carbonyl (C=O) groups is 1. The number of thiazole rings is 1. The Labute approximate surface area is 177 Å². The lowest BCUT2D eigenvalue weighted by Crippen LogP contribution is -2.22. The fraction of sp³-hybridized carbons (Fsp3) is 0.167. The van der Waals surface area contributed by atoms with Crippen molar-refractivity contribution in [2.75, 3.05) is 13.7 Å². The van der Waals surface area contributed by atoms with E-state index >= 15 is 0 Å². The third kappa shape index (κ3) is 4.25. The number of rotatable bonds is 6. The van der Waals surface area contributed by atoms with Crippen molar-refractivity contribution in [1.82, 2.24) is 4.57 Å². The van der Waals surface area contributed by atoms with Gasteiger partial charge in [-0.15, -0.1) is 0 Å². The second-order valence-corrected chi connectivity index (χ2v) is 7.85. The summed E-state index contributed by atoms with van der Waals surface area (Å²) in [6.45, 7) is 0.987. The predicted molar refractivity (Wildman–Crippen MR) is 117 cm³/mol. The van der Waals surface area contributed by atoms with E-state index in [0.29, 0.717) is 18.0 Å². The van der Waals surface area contributed by atoms with E-state index in [-0.39, 0.29) is 11.7 Å². The highest BCUT2D eigenvalue weighted by atomic mass is 32.1. The van der Waals surface area contributed by atoms with Gasteiger partial charge in [0.1, 0.15) is 5.82 Å². The van der Waals surface area contributed by atoms with Crippen LogP contribution in [0.25, 0.3) is 10.2 Å². The number of fused-ring (bicyclic) bond motifs is 1. The molecule has 3 aromatic carbocycles. The molecule has 1 aromatic heterocycles. The molecule has 0 spiro atoms. The number of aromatic nitrogens is 1. The van der Waals surface area contributed by atoms with Crippen molar-refractivity contribution in [3.63, 3.8) is 0 Å². The maximum absolute atomic E-state index is 13.7. The van der Waals surface area contributed by atoms with E-state index < -0.39 is 5.92 Å². The molecule has 1 amide bonds.